The van der Waals surface area contributed by atoms with E-state index in [1.807, 2.05) is 31.2 Å². The van der Waals surface area contributed by atoms with Crippen LogP contribution in [0.4, 0.5) is 10.5 Å². The van der Waals surface area contributed by atoms with Crippen LogP contribution >= 0.6 is 0 Å². The summed E-state index contributed by atoms with van der Waals surface area (Å²) >= 11 is 0. The lowest BCUT2D eigenvalue weighted by molar-refractivity contribution is 0.251. The first-order valence-corrected chi connectivity index (χ1v) is 6.59. The van der Waals surface area contributed by atoms with Crippen LogP contribution in [0.3, 0.4) is 0 Å². The number of rotatable bonds is 4. The number of carbonyl (C=O) groups is 1. The Kier molecular flexibility index (Phi) is 4.59. The molecule has 0 spiro atoms. The second-order valence-electron chi connectivity index (χ2n) is 4.83. The standard InChI is InChI=1S/C14H21N3O/c1-11-4-6-13(7-5-11)17-14(18)16-10-8-12-3-2-9-15-12/h4-7,12,15H,2-3,8-10H2,1H3,(H2,16,17,18)/t12-/m0/s1. The summed E-state index contributed by atoms with van der Waals surface area (Å²) in [6, 6.07) is 8.23. The minimum absolute atomic E-state index is 0.128. The smallest absolute Gasteiger partial charge is 0.319 e. The van der Waals surface area contributed by atoms with E-state index in [9.17, 15) is 4.79 Å². The molecule has 1 fully saturated rings. The fourth-order valence-electron chi connectivity index (χ4n) is 2.18. The van der Waals surface area contributed by atoms with Gasteiger partial charge in [0, 0.05) is 18.3 Å². The van der Waals surface area contributed by atoms with Gasteiger partial charge in [-0.25, -0.2) is 4.79 Å². The van der Waals surface area contributed by atoms with Gasteiger partial charge in [-0.15, -0.1) is 0 Å². The first-order valence-electron chi connectivity index (χ1n) is 6.59. The largest absolute Gasteiger partial charge is 0.338 e. The van der Waals surface area contributed by atoms with Crippen LogP contribution in [0.15, 0.2) is 24.3 Å². The van der Waals surface area contributed by atoms with Crippen molar-refractivity contribution >= 4 is 11.7 Å². The maximum absolute atomic E-state index is 11.6. The van der Waals surface area contributed by atoms with E-state index in [1.54, 1.807) is 0 Å². The Bertz CT molecular complexity index is 383. The van der Waals surface area contributed by atoms with Gasteiger partial charge in [-0.3, -0.25) is 0 Å². The van der Waals surface area contributed by atoms with Crippen LogP contribution in [0, 0.1) is 6.92 Å². The predicted octanol–water partition coefficient (Wildman–Crippen LogP) is 2.26. The molecule has 98 valence electrons. The van der Waals surface area contributed by atoms with E-state index < -0.39 is 0 Å². The van der Waals surface area contributed by atoms with Crippen molar-refractivity contribution in [2.75, 3.05) is 18.4 Å². The van der Waals surface area contributed by atoms with Gasteiger partial charge in [0.25, 0.3) is 0 Å². The van der Waals surface area contributed by atoms with Crippen molar-refractivity contribution in [3.8, 4) is 0 Å². The van der Waals surface area contributed by atoms with E-state index in [2.05, 4.69) is 16.0 Å². The Morgan fingerprint density at radius 1 is 1.39 bits per heavy atom. The molecule has 0 unspecified atom stereocenters. The molecule has 3 N–H and O–H groups in total. The Morgan fingerprint density at radius 3 is 2.83 bits per heavy atom. The topological polar surface area (TPSA) is 53.2 Å². The van der Waals surface area contributed by atoms with Crippen LogP contribution in [0.2, 0.25) is 0 Å². The minimum atomic E-state index is -0.128. The van der Waals surface area contributed by atoms with Crippen molar-refractivity contribution in [3.63, 3.8) is 0 Å². The van der Waals surface area contributed by atoms with Gasteiger partial charge >= 0.3 is 6.03 Å². The SMILES string of the molecule is Cc1ccc(NC(=O)NCC[C@@H]2CCCN2)cc1. The lowest BCUT2D eigenvalue weighted by Gasteiger charge is -2.11. The van der Waals surface area contributed by atoms with Crippen molar-refractivity contribution in [1.29, 1.82) is 0 Å². The minimum Gasteiger partial charge on any atom is -0.338 e. The number of urea groups is 1. The second-order valence-corrected chi connectivity index (χ2v) is 4.83. The van der Waals surface area contributed by atoms with E-state index in [1.165, 1.54) is 18.4 Å². The number of hydrogen-bond acceptors (Lipinski definition) is 2. The van der Waals surface area contributed by atoms with Crippen molar-refractivity contribution < 1.29 is 4.79 Å². The molecule has 1 aliphatic heterocycles. The number of nitrogens with one attached hydrogen (secondary N) is 3. The van der Waals surface area contributed by atoms with Gasteiger partial charge in [-0.05, 0) is 44.9 Å². The van der Waals surface area contributed by atoms with Gasteiger partial charge < -0.3 is 16.0 Å². The number of hydrogen-bond donors (Lipinski definition) is 3. The molecule has 1 heterocycles. The maximum Gasteiger partial charge on any atom is 0.319 e. The maximum atomic E-state index is 11.6. The second kappa shape index (κ2) is 6.40. The van der Waals surface area contributed by atoms with Gasteiger partial charge in [0.15, 0.2) is 0 Å². The average Bonchev–Trinajstić information content (AvgIpc) is 2.85. The van der Waals surface area contributed by atoms with Crippen molar-refractivity contribution in [3.05, 3.63) is 29.8 Å². The lowest BCUT2D eigenvalue weighted by atomic mass is 10.1. The zero-order chi connectivity index (χ0) is 12.8. The number of anilines is 1. The summed E-state index contributed by atoms with van der Waals surface area (Å²) in [6.45, 7) is 3.86. The molecule has 0 saturated carbocycles. The third-order valence-corrected chi connectivity index (χ3v) is 3.25. The van der Waals surface area contributed by atoms with Gasteiger partial charge in [0.2, 0.25) is 0 Å². The number of aryl methyl sites for hydroxylation is 1. The molecule has 2 amide bonds. The molecule has 1 aromatic rings. The van der Waals surface area contributed by atoms with Crippen LogP contribution < -0.4 is 16.0 Å². The molecule has 0 radical (unpaired) electrons. The number of amides is 2. The average molecular weight is 247 g/mol. The molecule has 1 atom stereocenters. The Hall–Kier alpha value is -1.55. The summed E-state index contributed by atoms with van der Waals surface area (Å²) in [4.78, 5) is 11.6. The summed E-state index contributed by atoms with van der Waals surface area (Å²) in [5.74, 6) is 0. The molecule has 4 heteroatoms. The van der Waals surface area contributed by atoms with Crippen molar-refractivity contribution in [1.82, 2.24) is 10.6 Å². The van der Waals surface area contributed by atoms with Crippen LogP contribution in [0.1, 0.15) is 24.8 Å². The van der Waals surface area contributed by atoms with Crippen molar-refractivity contribution in [2.45, 2.75) is 32.2 Å². The van der Waals surface area contributed by atoms with Crippen molar-refractivity contribution in [2.24, 2.45) is 0 Å². The van der Waals surface area contributed by atoms with Crippen LogP contribution in [0.5, 0.6) is 0 Å². The predicted molar refractivity (Wildman–Crippen MR) is 73.8 cm³/mol. The first-order chi connectivity index (χ1) is 8.74. The summed E-state index contributed by atoms with van der Waals surface area (Å²) < 4.78 is 0. The van der Waals surface area contributed by atoms with E-state index in [0.717, 1.165) is 25.2 Å². The van der Waals surface area contributed by atoms with E-state index in [-0.39, 0.29) is 6.03 Å². The highest BCUT2D eigenvalue weighted by Crippen LogP contribution is 2.09. The molecule has 1 aromatic carbocycles. The van der Waals surface area contributed by atoms with Crippen LogP contribution in [-0.4, -0.2) is 25.2 Å². The molecule has 1 aliphatic rings. The molecular weight excluding hydrogens is 226 g/mol. The Morgan fingerprint density at radius 2 is 2.17 bits per heavy atom. The third-order valence-electron chi connectivity index (χ3n) is 3.25. The van der Waals surface area contributed by atoms with Gasteiger partial charge in [-0.2, -0.15) is 0 Å². The number of benzene rings is 1. The molecular formula is C14H21N3O. The van der Waals surface area contributed by atoms with Gasteiger partial charge in [0.1, 0.15) is 0 Å². The summed E-state index contributed by atoms with van der Waals surface area (Å²) in [5, 5.41) is 9.12. The highest BCUT2D eigenvalue weighted by atomic mass is 16.2. The molecule has 0 aliphatic carbocycles. The summed E-state index contributed by atoms with van der Waals surface area (Å²) in [6.07, 6.45) is 3.48. The molecule has 18 heavy (non-hydrogen) atoms. The lowest BCUT2D eigenvalue weighted by Crippen LogP contribution is -2.33. The fraction of sp³-hybridized carbons (Fsp3) is 0.500. The summed E-state index contributed by atoms with van der Waals surface area (Å²) in [5.41, 5.74) is 2.02. The molecule has 2 rings (SSSR count). The fourth-order valence-corrected chi connectivity index (χ4v) is 2.18. The first kappa shape index (κ1) is 12.9. The zero-order valence-electron chi connectivity index (χ0n) is 10.8. The Labute approximate surface area is 108 Å². The van der Waals surface area contributed by atoms with E-state index >= 15 is 0 Å². The molecule has 0 aromatic heterocycles. The normalized spacial score (nSPS) is 18.6. The van der Waals surface area contributed by atoms with Gasteiger partial charge in [0.05, 0.1) is 0 Å². The monoisotopic (exact) mass is 247 g/mol. The van der Waals surface area contributed by atoms with Gasteiger partial charge in [-0.1, -0.05) is 17.7 Å². The van der Waals surface area contributed by atoms with Crippen LogP contribution in [-0.2, 0) is 0 Å². The quantitative estimate of drug-likeness (QED) is 0.764. The van der Waals surface area contributed by atoms with Crippen LogP contribution in [0.25, 0.3) is 0 Å². The third kappa shape index (κ3) is 4.04. The number of carbonyl (C=O) groups excluding carboxylic acids is 1. The highest BCUT2D eigenvalue weighted by Gasteiger charge is 2.13. The zero-order valence-corrected chi connectivity index (χ0v) is 10.8. The van der Waals surface area contributed by atoms with E-state index in [0.29, 0.717) is 6.04 Å². The highest BCUT2D eigenvalue weighted by molar-refractivity contribution is 5.89. The summed E-state index contributed by atoms with van der Waals surface area (Å²) in [7, 11) is 0. The molecule has 1 saturated heterocycles. The Balaban J connectivity index is 1.66. The molecule has 0 bridgehead atoms. The molecule has 4 nitrogen and oxygen atoms in total. The van der Waals surface area contributed by atoms with E-state index in [4.69, 9.17) is 0 Å².